The van der Waals surface area contributed by atoms with Crippen LogP contribution in [0.4, 0.5) is 0 Å². The normalized spacial score (nSPS) is 13.3. The molecular formula is C7H16ClNO3. The molecule has 74 valence electrons. The third kappa shape index (κ3) is 9.68. The Kier molecular flexibility index (Phi) is 6.34. The van der Waals surface area contributed by atoms with Crippen LogP contribution in [0, 0.1) is 0 Å². The Bertz CT molecular complexity index is 144. The second-order valence-electron chi connectivity index (χ2n) is 3.72. The molecule has 0 aromatic carbocycles. The van der Waals surface area contributed by atoms with Gasteiger partial charge in [-0.2, -0.15) is 0 Å². The van der Waals surface area contributed by atoms with Crippen molar-refractivity contribution in [1.82, 2.24) is 0 Å². The van der Waals surface area contributed by atoms with Gasteiger partial charge in [0.1, 0.15) is 12.6 Å². The Balaban J connectivity index is 0. The third-order valence-electron chi connectivity index (χ3n) is 1.17. The van der Waals surface area contributed by atoms with Gasteiger partial charge in [-0.05, 0) is 0 Å². The lowest BCUT2D eigenvalue weighted by atomic mass is 10.2. The molecule has 1 atom stereocenters. The maximum atomic E-state index is 10.1. The summed E-state index contributed by atoms with van der Waals surface area (Å²) in [5, 5.41) is 17.5. The molecule has 0 rings (SSSR count). The Labute approximate surface area is 78.8 Å². The fraction of sp³-hybridized carbons (Fsp3) is 0.857. The number of carboxylic acids is 1. The van der Waals surface area contributed by atoms with Gasteiger partial charge in [0.2, 0.25) is 0 Å². The van der Waals surface area contributed by atoms with Crippen molar-refractivity contribution in [2.45, 2.75) is 12.5 Å². The smallest absolute Gasteiger partial charge is 0.306 e. The molecule has 0 aliphatic carbocycles. The highest BCUT2D eigenvalue weighted by Crippen LogP contribution is 1.98. The van der Waals surface area contributed by atoms with Gasteiger partial charge in [0.25, 0.3) is 0 Å². The zero-order chi connectivity index (χ0) is 9.07. The maximum Gasteiger partial charge on any atom is 0.306 e. The number of rotatable bonds is 4. The zero-order valence-corrected chi connectivity index (χ0v) is 8.38. The Morgan fingerprint density at radius 3 is 2.08 bits per heavy atom. The van der Waals surface area contributed by atoms with Crippen LogP contribution in [0.25, 0.3) is 0 Å². The van der Waals surface area contributed by atoms with E-state index in [1.165, 1.54) is 0 Å². The van der Waals surface area contributed by atoms with Gasteiger partial charge < -0.3 is 27.1 Å². The van der Waals surface area contributed by atoms with Crippen LogP contribution in [0.2, 0.25) is 0 Å². The summed E-state index contributed by atoms with van der Waals surface area (Å²) in [4.78, 5) is 10.1. The molecule has 0 unspecified atom stereocenters. The van der Waals surface area contributed by atoms with Crippen LogP contribution < -0.4 is 12.4 Å². The topological polar surface area (TPSA) is 57.5 Å². The molecule has 0 bridgehead atoms. The van der Waals surface area contributed by atoms with Crippen molar-refractivity contribution >= 4 is 5.97 Å². The number of carboxylic acid groups (broad SMARTS) is 1. The average molecular weight is 198 g/mol. The van der Waals surface area contributed by atoms with Crippen molar-refractivity contribution in [1.29, 1.82) is 0 Å². The quantitative estimate of drug-likeness (QED) is 0.461. The highest BCUT2D eigenvalue weighted by molar-refractivity contribution is 5.67. The van der Waals surface area contributed by atoms with Crippen molar-refractivity contribution in [3.63, 3.8) is 0 Å². The first-order valence-corrected chi connectivity index (χ1v) is 3.51. The average Bonchev–Trinajstić information content (AvgIpc) is 1.53. The summed E-state index contributed by atoms with van der Waals surface area (Å²) >= 11 is 0. The molecular weight excluding hydrogens is 182 g/mol. The summed E-state index contributed by atoms with van der Waals surface area (Å²) in [5.41, 5.74) is 0. The zero-order valence-electron chi connectivity index (χ0n) is 7.62. The fourth-order valence-corrected chi connectivity index (χ4v) is 0.898. The summed E-state index contributed by atoms with van der Waals surface area (Å²) in [5.74, 6) is -0.953. The highest BCUT2D eigenvalue weighted by atomic mass is 35.5. The van der Waals surface area contributed by atoms with Crippen LogP contribution in [0.15, 0.2) is 0 Å². The van der Waals surface area contributed by atoms with Crippen LogP contribution in [-0.4, -0.2) is 54.5 Å². The Morgan fingerprint density at radius 2 is 1.83 bits per heavy atom. The van der Waals surface area contributed by atoms with Crippen LogP contribution >= 0.6 is 0 Å². The number of hydrogen-bond donors (Lipinski definition) is 2. The Hall–Kier alpha value is -0.320. The molecule has 4 nitrogen and oxygen atoms in total. The predicted molar refractivity (Wildman–Crippen MR) is 41.2 cm³/mol. The summed E-state index contributed by atoms with van der Waals surface area (Å²) in [6.07, 6.45) is -0.914. The molecule has 0 radical (unpaired) electrons. The minimum absolute atomic E-state index is 0. The number of likely N-dealkylation sites (N-methyl/N-ethyl adjacent to an activating group) is 1. The van der Waals surface area contributed by atoms with E-state index in [1.807, 2.05) is 21.1 Å². The van der Waals surface area contributed by atoms with E-state index in [4.69, 9.17) is 10.2 Å². The van der Waals surface area contributed by atoms with E-state index in [9.17, 15) is 4.79 Å². The molecule has 0 fully saturated rings. The van der Waals surface area contributed by atoms with E-state index in [2.05, 4.69) is 0 Å². The number of carbonyl (C=O) groups is 1. The molecule has 0 amide bonds. The Morgan fingerprint density at radius 1 is 1.42 bits per heavy atom. The minimum Gasteiger partial charge on any atom is -1.00 e. The van der Waals surface area contributed by atoms with Crippen LogP contribution in [-0.2, 0) is 4.79 Å². The third-order valence-corrected chi connectivity index (χ3v) is 1.17. The number of aliphatic hydroxyl groups excluding tert-OH is 1. The van der Waals surface area contributed by atoms with E-state index in [1.54, 1.807) is 0 Å². The van der Waals surface area contributed by atoms with Crippen molar-refractivity contribution in [2.24, 2.45) is 0 Å². The molecule has 12 heavy (non-hydrogen) atoms. The van der Waals surface area contributed by atoms with E-state index in [-0.39, 0.29) is 18.8 Å². The molecule has 0 aliphatic rings. The van der Waals surface area contributed by atoms with Crippen molar-refractivity contribution in [3.05, 3.63) is 0 Å². The lowest BCUT2D eigenvalue weighted by Gasteiger charge is -2.25. The first-order chi connectivity index (χ1) is 4.81. The van der Waals surface area contributed by atoms with Gasteiger partial charge in [-0.15, -0.1) is 0 Å². The molecule has 0 heterocycles. The summed E-state index contributed by atoms with van der Waals surface area (Å²) in [6.45, 7) is 0.465. The summed E-state index contributed by atoms with van der Waals surface area (Å²) < 4.78 is 0.578. The monoisotopic (exact) mass is 197 g/mol. The maximum absolute atomic E-state index is 10.1. The number of halogens is 1. The molecule has 0 aliphatic heterocycles. The van der Waals surface area contributed by atoms with Crippen molar-refractivity contribution in [3.8, 4) is 0 Å². The first-order valence-electron chi connectivity index (χ1n) is 3.51. The summed E-state index contributed by atoms with van der Waals surface area (Å²) in [7, 11) is 5.72. The predicted octanol–water partition coefficient (Wildman–Crippen LogP) is -3.47. The van der Waals surface area contributed by atoms with Gasteiger partial charge in [-0.1, -0.05) is 0 Å². The lowest BCUT2D eigenvalue weighted by molar-refractivity contribution is -0.873. The highest BCUT2D eigenvalue weighted by Gasteiger charge is 2.17. The first kappa shape index (κ1) is 14.2. The van der Waals surface area contributed by atoms with Gasteiger partial charge in [0.15, 0.2) is 0 Å². The van der Waals surface area contributed by atoms with Crippen LogP contribution in [0.3, 0.4) is 0 Å². The number of nitrogens with zero attached hydrogens (tertiary/aromatic N) is 1. The number of aliphatic hydroxyl groups is 1. The van der Waals surface area contributed by atoms with Crippen molar-refractivity contribution in [2.75, 3.05) is 27.7 Å². The molecule has 5 heteroatoms. The number of hydrogen-bond acceptors (Lipinski definition) is 2. The SMILES string of the molecule is C[N+](C)(C)C[C@@H](O)CC(=O)O.[Cl-]. The lowest BCUT2D eigenvalue weighted by Crippen LogP contribution is -3.00. The fourth-order valence-electron chi connectivity index (χ4n) is 0.898. The second-order valence-corrected chi connectivity index (χ2v) is 3.72. The van der Waals surface area contributed by atoms with Crippen LogP contribution in [0.1, 0.15) is 6.42 Å². The van der Waals surface area contributed by atoms with E-state index < -0.39 is 12.1 Å². The molecule has 2 N–H and O–H groups in total. The van der Waals surface area contributed by atoms with Crippen LogP contribution in [0.5, 0.6) is 0 Å². The molecule has 0 aromatic rings. The van der Waals surface area contributed by atoms with E-state index in [0.717, 1.165) is 0 Å². The van der Waals surface area contributed by atoms with Crippen molar-refractivity contribution < 1.29 is 31.9 Å². The number of quaternary nitrogens is 1. The summed E-state index contributed by atoms with van der Waals surface area (Å²) in [6, 6.07) is 0. The molecule has 0 saturated heterocycles. The minimum atomic E-state index is -0.953. The van der Waals surface area contributed by atoms with Gasteiger partial charge in [-0.3, -0.25) is 4.79 Å². The van der Waals surface area contributed by atoms with Gasteiger partial charge in [0.05, 0.1) is 27.6 Å². The standard InChI is InChI=1S/C7H15NO3.ClH/c1-8(2,3)5-6(9)4-7(10)11;/h6,9H,4-5H2,1-3H3;1H/t6-;/m0./s1. The van der Waals surface area contributed by atoms with Gasteiger partial charge in [-0.25, -0.2) is 0 Å². The van der Waals surface area contributed by atoms with Gasteiger partial charge >= 0.3 is 5.97 Å². The van der Waals surface area contributed by atoms with E-state index >= 15 is 0 Å². The largest absolute Gasteiger partial charge is 1.00 e. The molecule has 0 spiro atoms. The van der Waals surface area contributed by atoms with E-state index in [0.29, 0.717) is 11.0 Å². The van der Waals surface area contributed by atoms with Gasteiger partial charge in [0, 0.05) is 0 Å². The second kappa shape index (κ2) is 5.35. The molecule has 0 aromatic heterocycles. The number of aliphatic carboxylic acids is 1. The molecule has 0 saturated carbocycles.